The highest BCUT2D eigenvalue weighted by atomic mass is 127. The van der Waals surface area contributed by atoms with Crippen LogP contribution in [0.15, 0.2) is 22.0 Å². The van der Waals surface area contributed by atoms with Gasteiger partial charge in [0, 0.05) is 27.1 Å². The Balaban J connectivity index is 2.87. The van der Waals surface area contributed by atoms with Crippen molar-refractivity contribution in [1.82, 2.24) is 0 Å². The van der Waals surface area contributed by atoms with Crippen LogP contribution in [0.3, 0.4) is 0 Å². The van der Waals surface area contributed by atoms with E-state index in [0.717, 1.165) is 0 Å². The minimum atomic E-state index is 1.21. The van der Waals surface area contributed by atoms with Gasteiger partial charge in [0.2, 0.25) is 0 Å². The Bertz CT molecular complexity index is 436. The summed E-state index contributed by atoms with van der Waals surface area (Å²) in [6.07, 6.45) is 0. The summed E-state index contributed by atoms with van der Waals surface area (Å²) < 4.78 is 5.21. The van der Waals surface area contributed by atoms with Gasteiger partial charge in [-0.15, -0.1) is 11.3 Å². The third-order valence-corrected chi connectivity index (χ3v) is 6.29. The topological polar surface area (TPSA) is 0 Å². The zero-order valence-electron chi connectivity index (χ0n) is 5.77. The maximum Gasteiger partial charge on any atom is 0.0365 e. The van der Waals surface area contributed by atoms with E-state index in [9.17, 15) is 0 Å². The van der Waals surface area contributed by atoms with Crippen molar-refractivity contribution in [2.45, 2.75) is 0 Å². The standard InChI is InChI=1S/C8H3BrI2S/c9-5-3-12-8-2-7(11)6(10)1-4(5)8/h1-3H. The number of hydrogen-bond acceptors (Lipinski definition) is 1. The summed E-state index contributed by atoms with van der Waals surface area (Å²) in [5.41, 5.74) is 0. The van der Waals surface area contributed by atoms with E-state index in [2.05, 4.69) is 78.6 Å². The van der Waals surface area contributed by atoms with E-state index >= 15 is 0 Å². The molecule has 0 saturated carbocycles. The minimum absolute atomic E-state index is 1.21. The molecule has 1 heterocycles. The van der Waals surface area contributed by atoms with Crippen LogP contribution in [-0.2, 0) is 0 Å². The van der Waals surface area contributed by atoms with Crippen LogP contribution in [0.1, 0.15) is 0 Å². The van der Waals surface area contributed by atoms with E-state index in [1.807, 2.05) is 0 Å². The lowest BCUT2D eigenvalue weighted by atomic mass is 10.3. The molecule has 62 valence electrons. The van der Waals surface area contributed by atoms with Gasteiger partial charge in [-0.2, -0.15) is 0 Å². The highest BCUT2D eigenvalue weighted by molar-refractivity contribution is 14.1. The summed E-state index contributed by atoms with van der Waals surface area (Å²) in [6, 6.07) is 4.45. The smallest absolute Gasteiger partial charge is 0.0365 e. The third kappa shape index (κ3) is 1.67. The zero-order chi connectivity index (χ0) is 8.72. The average Bonchev–Trinajstić information content (AvgIpc) is 2.35. The van der Waals surface area contributed by atoms with Gasteiger partial charge in [-0.1, -0.05) is 0 Å². The van der Waals surface area contributed by atoms with Gasteiger partial charge >= 0.3 is 0 Å². The Kier molecular flexibility index (Phi) is 2.98. The molecule has 0 aliphatic heterocycles. The van der Waals surface area contributed by atoms with Gasteiger partial charge in [-0.3, -0.25) is 0 Å². The lowest BCUT2D eigenvalue weighted by molar-refractivity contribution is 1.67. The molecule has 0 spiro atoms. The highest BCUT2D eigenvalue weighted by Gasteiger charge is 2.04. The Hall–Kier alpha value is 1.12. The van der Waals surface area contributed by atoms with Crippen LogP contribution in [0, 0.1) is 7.14 Å². The first-order chi connectivity index (χ1) is 5.68. The fourth-order valence-electron chi connectivity index (χ4n) is 0.991. The number of hydrogen-bond donors (Lipinski definition) is 0. The first-order valence-corrected chi connectivity index (χ1v) is 7.03. The van der Waals surface area contributed by atoms with Crippen molar-refractivity contribution in [3.63, 3.8) is 0 Å². The van der Waals surface area contributed by atoms with Crippen LogP contribution in [0.2, 0.25) is 0 Å². The molecule has 0 fully saturated rings. The molecule has 0 aliphatic carbocycles. The number of halogens is 3. The van der Waals surface area contributed by atoms with Gasteiger partial charge in [0.05, 0.1) is 0 Å². The normalized spacial score (nSPS) is 10.9. The van der Waals surface area contributed by atoms with Crippen LogP contribution in [0.4, 0.5) is 0 Å². The fourth-order valence-corrected chi connectivity index (χ4v) is 3.72. The van der Waals surface area contributed by atoms with Crippen LogP contribution in [0.25, 0.3) is 10.1 Å². The van der Waals surface area contributed by atoms with Gasteiger partial charge in [-0.25, -0.2) is 0 Å². The molecule has 0 atom stereocenters. The molecule has 1 aromatic carbocycles. The molecule has 2 rings (SSSR count). The SMILES string of the molecule is Brc1csc2cc(I)c(I)cc12. The molecular formula is C8H3BrI2S. The quantitative estimate of drug-likeness (QED) is 0.488. The van der Waals surface area contributed by atoms with Gasteiger partial charge < -0.3 is 0 Å². The summed E-state index contributed by atoms with van der Waals surface area (Å²) in [6.45, 7) is 0. The van der Waals surface area contributed by atoms with Crippen LogP contribution in [0.5, 0.6) is 0 Å². The fraction of sp³-hybridized carbons (Fsp3) is 0. The molecular weight excluding hydrogens is 462 g/mol. The summed E-state index contributed by atoms with van der Waals surface area (Å²) in [5, 5.41) is 3.46. The van der Waals surface area contributed by atoms with Gasteiger partial charge in [0.15, 0.2) is 0 Å². The third-order valence-electron chi connectivity index (χ3n) is 1.57. The predicted octanol–water partition coefficient (Wildman–Crippen LogP) is 4.87. The summed E-state index contributed by atoms with van der Waals surface area (Å²) in [4.78, 5) is 0. The Morgan fingerprint density at radius 1 is 1.17 bits per heavy atom. The Labute approximate surface area is 110 Å². The molecule has 4 heteroatoms. The Morgan fingerprint density at radius 2 is 1.83 bits per heavy atom. The van der Waals surface area contributed by atoms with E-state index in [1.54, 1.807) is 11.3 Å². The largest absolute Gasteiger partial charge is 0.143 e. The maximum absolute atomic E-state index is 3.53. The van der Waals surface area contributed by atoms with Gasteiger partial charge in [0.25, 0.3) is 0 Å². The Morgan fingerprint density at radius 3 is 2.58 bits per heavy atom. The number of benzene rings is 1. The van der Waals surface area contributed by atoms with Crippen molar-refractivity contribution in [1.29, 1.82) is 0 Å². The van der Waals surface area contributed by atoms with Crippen molar-refractivity contribution in [2.24, 2.45) is 0 Å². The van der Waals surface area contributed by atoms with Crippen molar-refractivity contribution in [2.75, 3.05) is 0 Å². The van der Waals surface area contributed by atoms with Crippen molar-refractivity contribution >= 4 is 82.5 Å². The molecule has 0 unspecified atom stereocenters. The van der Waals surface area contributed by atoms with Crippen LogP contribution in [-0.4, -0.2) is 0 Å². The second-order valence-electron chi connectivity index (χ2n) is 2.35. The molecule has 2 aromatic rings. The van der Waals surface area contributed by atoms with E-state index in [-0.39, 0.29) is 0 Å². The van der Waals surface area contributed by atoms with Crippen LogP contribution >= 0.6 is 72.4 Å². The predicted molar refractivity (Wildman–Crippen MR) is 75.0 cm³/mol. The maximum atomic E-state index is 3.53. The average molecular weight is 465 g/mol. The molecule has 0 radical (unpaired) electrons. The van der Waals surface area contributed by atoms with Gasteiger partial charge in [-0.05, 0) is 73.2 Å². The number of thiophene rings is 1. The van der Waals surface area contributed by atoms with Crippen LogP contribution < -0.4 is 0 Å². The minimum Gasteiger partial charge on any atom is -0.143 e. The van der Waals surface area contributed by atoms with Crippen molar-refractivity contribution in [3.05, 3.63) is 29.1 Å². The second-order valence-corrected chi connectivity index (χ2v) is 6.44. The second kappa shape index (κ2) is 3.70. The zero-order valence-corrected chi connectivity index (χ0v) is 12.5. The van der Waals surface area contributed by atoms with Crippen molar-refractivity contribution < 1.29 is 0 Å². The summed E-state index contributed by atoms with van der Waals surface area (Å²) in [7, 11) is 0. The van der Waals surface area contributed by atoms with E-state index < -0.39 is 0 Å². The molecule has 0 bridgehead atoms. The first kappa shape index (κ1) is 9.67. The molecule has 1 aromatic heterocycles. The van der Waals surface area contributed by atoms with E-state index in [1.165, 1.54) is 21.7 Å². The number of rotatable bonds is 0. The molecule has 0 saturated heterocycles. The number of fused-ring (bicyclic) bond motifs is 1. The van der Waals surface area contributed by atoms with E-state index in [4.69, 9.17) is 0 Å². The highest BCUT2D eigenvalue weighted by Crippen LogP contribution is 2.33. The summed E-state index contributed by atoms with van der Waals surface area (Å²) >= 11 is 10.0. The van der Waals surface area contributed by atoms with Crippen molar-refractivity contribution in [3.8, 4) is 0 Å². The summed E-state index contributed by atoms with van der Waals surface area (Å²) in [5.74, 6) is 0. The molecule has 0 aliphatic rings. The molecule has 12 heavy (non-hydrogen) atoms. The van der Waals surface area contributed by atoms with Gasteiger partial charge in [0.1, 0.15) is 0 Å². The molecule has 0 amide bonds. The molecule has 0 N–H and O–H groups in total. The first-order valence-electron chi connectivity index (χ1n) is 3.20. The lowest BCUT2D eigenvalue weighted by Gasteiger charge is -1.96. The lowest BCUT2D eigenvalue weighted by Crippen LogP contribution is -1.76. The van der Waals surface area contributed by atoms with E-state index in [0.29, 0.717) is 0 Å². The monoisotopic (exact) mass is 464 g/mol. The molecule has 0 nitrogen and oxygen atoms in total.